The highest BCUT2D eigenvalue weighted by Gasteiger charge is 2.28. The number of carbonyl (C=O) groups excluding carboxylic acids is 2. The molecular weight excluding hydrogens is 258 g/mol. The lowest BCUT2D eigenvalue weighted by Gasteiger charge is -2.33. The summed E-state index contributed by atoms with van der Waals surface area (Å²) in [7, 11) is 0. The monoisotopic (exact) mass is 283 g/mol. The summed E-state index contributed by atoms with van der Waals surface area (Å²) in [5, 5.41) is 0. The van der Waals surface area contributed by atoms with Crippen molar-refractivity contribution in [3.63, 3.8) is 0 Å². The first kappa shape index (κ1) is 16.5. The van der Waals surface area contributed by atoms with E-state index in [9.17, 15) is 9.59 Å². The van der Waals surface area contributed by atoms with Crippen LogP contribution in [0, 0.1) is 0 Å². The largest absolute Gasteiger partial charge is 0.459 e. The Morgan fingerprint density at radius 1 is 1.15 bits per heavy atom. The average molecular weight is 283 g/mol. The van der Waals surface area contributed by atoms with Gasteiger partial charge in [0.15, 0.2) is 0 Å². The SMILES string of the molecule is CC(C)=CC(=O)OC1CCN(C(=O)OC(C)(C)C)CC1. The van der Waals surface area contributed by atoms with Crippen molar-refractivity contribution < 1.29 is 19.1 Å². The molecule has 20 heavy (non-hydrogen) atoms. The number of piperidine rings is 1. The van der Waals surface area contributed by atoms with Gasteiger partial charge >= 0.3 is 12.1 Å². The van der Waals surface area contributed by atoms with E-state index >= 15 is 0 Å². The summed E-state index contributed by atoms with van der Waals surface area (Å²) in [5.41, 5.74) is 0.435. The third kappa shape index (κ3) is 6.08. The average Bonchev–Trinajstić information content (AvgIpc) is 2.26. The first-order valence-corrected chi connectivity index (χ1v) is 7.01. The zero-order valence-electron chi connectivity index (χ0n) is 13.1. The summed E-state index contributed by atoms with van der Waals surface area (Å²) in [5.74, 6) is -0.305. The van der Waals surface area contributed by atoms with Crippen LogP contribution in [0.3, 0.4) is 0 Å². The Hall–Kier alpha value is -1.52. The van der Waals surface area contributed by atoms with Gasteiger partial charge in [0, 0.05) is 32.0 Å². The molecule has 0 aliphatic carbocycles. The van der Waals surface area contributed by atoms with Crippen molar-refractivity contribution in [1.29, 1.82) is 0 Å². The molecule has 1 aliphatic heterocycles. The van der Waals surface area contributed by atoms with Crippen molar-refractivity contribution in [2.24, 2.45) is 0 Å². The van der Waals surface area contributed by atoms with Gasteiger partial charge in [0.1, 0.15) is 11.7 Å². The molecule has 0 saturated carbocycles. The molecule has 0 N–H and O–H groups in total. The molecule has 1 fully saturated rings. The maximum Gasteiger partial charge on any atom is 0.410 e. The second kappa shape index (κ2) is 6.77. The number of amides is 1. The number of carbonyl (C=O) groups is 2. The Labute approximate surface area is 120 Å². The second-order valence-corrected chi connectivity index (χ2v) is 6.33. The first-order chi connectivity index (χ1) is 9.17. The lowest BCUT2D eigenvalue weighted by molar-refractivity contribution is -0.144. The summed E-state index contributed by atoms with van der Waals surface area (Å²) in [6.07, 6.45) is 2.38. The van der Waals surface area contributed by atoms with E-state index in [-0.39, 0.29) is 18.2 Å². The lowest BCUT2D eigenvalue weighted by Crippen LogP contribution is -2.43. The fraction of sp³-hybridized carbons (Fsp3) is 0.733. The van der Waals surface area contributed by atoms with Crippen molar-refractivity contribution in [3.8, 4) is 0 Å². The highest BCUT2D eigenvalue weighted by atomic mass is 16.6. The minimum atomic E-state index is -0.482. The van der Waals surface area contributed by atoms with E-state index in [2.05, 4.69) is 0 Å². The fourth-order valence-electron chi connectivity index (χ4n) is 1.92. The molecule has 1 saturated heterocycles. The molecule has 1 heterocycles. The number of hydrogen-bond donors (Lipinski definition) is 0. The molecule has 0 atom stereocenters. The summed E-state index contributed by atoms with van der Waals surface area (Å²) in [6, 6.07) is 0. The van der Waals surface area contributed by atoms with Crippen LogP contribution < -0.4 is 0 Å². The van der Waals surface area contributed by atoms with Crippen LogP contribution in [0.15, 0.2) is 11.6 Å². The predicted octanol–water partition coefficient (Wildman–Crippen LogP) is 2.90. The molecule has 5 nitrogen and oxygen atoms in total. The molecule has 0 unspecified atom stereocenters. The number of esters is 1. The number of nitrogens with zero attached hydrogens (tertiary/aromatic N) is 1. The number of likely N-dealkylation sites (tertiary alicyclic amines) is 1. The van der Waals surface area contributed by atoms with Gasteiger partial charge in [-0.25, -0.2) is 9.59 Å². The number of hydrogen-bond acceptors (Lipinski definition) is 4. The van der Waals surface area contributed by atoms with Crippen LogP contribution in [0.2, 0.25) is 0 Å². The van der Waals surface area contributed by atoms with E-state index in [1.54, 1.807) is 4.90 Å². The van der Waals surface area contributed by atoms with Gasteiger partial charge in [-0.1, -0.05) is 5.57 Å². The van der Waals surface area contributed by atoms with Crippen LogP contribution in [-0.4, -0.2) is 41.8 Å². The van der Waals surface area contributed by atoms with Gasteiger partial charge in [-0.15, -0.1) is 0 Å². The summed E-state index contributed by atoms with van der Waals surface area (Å²) in [4.78, 5) is 25.1. The molecular formula is C15H25NO4. The van der Waals surface area contributed by atoms with Gasteiger partial charge in [-0.05, 0) is 34.6 Å². The van der Waals surface area contributed by atoms with Gasteiger partial charge in [0.25, 0.3) is 0 Å². The predicted molar refractivity (Wildman–Crippen MR) is 76.4 cm³/mol. The summed E-state index contributed by atoms with van der Waals surface area (Å²) < 4.78 is 10.7. The molecule has 0 bridgehead atoms. The standard InChI is InChI=1S/C15H25NO4/c1-11(2)10-13(17)19-12-6-8-16(9-7-12)14(18)20-15(3,4)5/h10,12H,6-9H2,1-5H3. The number of rotatable bonds is 2. The van der Waals surface area contributed by atoms with Crippen LogP contribution in [0.5, 0.6) is 0 Å². The molecule has 0 aromatic heterocycles. The van der Waals surface area contributed by atoms with E-state index in [1.807, 2.05) is 34.6 Å². The van der Waals surface area contributed by atoms with Crippen molar-refractivity contribution in [1.82, 2.24) is 4.90 Å². The molecule has 1 amide bonds. The molecule has 0 aromatic carbocycles. The zero-order chi connectivity index (χ0) is 15.3. The van der Waals surface area contributed by atoms with Crippen molar-refractivity contribution in [2.45, 2.75) is 59.2 Å². The Bertz CT molecular complexity index is 383. The first-order valence-electron chi connectivity index (χ1n) is 7.01. The van der Waals surface area contributed by atoms with Crippen LogP contribution in [0.4, 0.5) is 4.79 Å². The maximum atomic E-state index is 11.9. The van der Waals surface area contributed by atoms with Crippen molar-refractivity contribution in [2.75, 3.05) is 13.1 Å². The number of allylic oxidation sites excluding steroid dienone is 1. The van der Waals surface area contributed by atoms with E-state index in [0.29, 0.717) is 25.9 Å². The van der Waals surface area contributed by atoms with Gasteiger partial charge in [-0.3, -0.25) is 0 Å². The van der Waals surface area contributed by atoms with Crippen molar-refractivity contribution >= 4 is 12.1 Å². The molecule has 0 radical (unpaired) electrons. The second-order valence-electron chi connectivity index (χ2n) is 6.33. The topological polar surface area (TPSA) is 55.8 Å². The third-order valence-electron chi connectivity index (χ3n) is 2.78. The fourth-order valence-corrected chi connectivity index (χ4v) is 1.92. The maximum absolute atomic E-state index is 11.9. The van der Waals surface area contributed by atoms with Crippen LogP contribution in [0.25, 0.3) is 0 Å². The minimum absolute atomic E-state index is 0.114. The van der Waals surface area contributed by atoms with Crippen LogP contribution in [0.1, 0.15) is 47.5 Å². The Morgan fingerprint density at radius 2 is 1.70 bits per heavy atom. The summed E-state index contributed by atoms with van der Waals surface area (Å²) in [6.45, 7) is 10.4. The Morgan fingerprint density at radius 3 is 2.15 bits per heavy atom. The van der Waals surface area contributed by atoms with E-state index in [4.69, 9.17) is 9.47 Å². The van der Waals surface area contributed by atoms with E-state index in [1.165, 1.54) is 6.08 Å². The Kier molecular flexibility index (Phi) is 5.60. The highest BCUT2D eigenvalue weighted by molar-refractivity contribution is 5.82. The van der Waals surface area contributed by atoms with Crippen LogP contribution >= 0.6 is 0 Å². The molecule has 1 aliphatic rings. The van der Waals surface area contributed by atoms with Gasteiger partial charge in [0.2, 0.25) is 0 Å². The molecule has 1 rings (SSSR count). The minimum Gasteiger partial charge on any atom is -0.459 e. The quantitative estimate of drug-likeness (QED) is 0.577. The van der Waals surface area contributed by atoms with Gasteiger partial charge in [-0.2, -0.15) is 0 Å². The molecule has 114 valence electrons. The van der Waals surface area contributed by atoms with Gasteiger partial charge < -0.3 is 14.4 Å². The van der Waals surface area contributed by atoms with Crippen molar-refractivity contribution in [3.05, 3.63) is 11.6 Å². The summed E-state index contributed by atoms with van der Waals surface area (Å²) >= 11 is 0. The molecule has 5 heteroatoms. The molecule has 0 aromatic rings. The normalized spacial score (nSPS) is 16.6. The number of ether oxygens (including phenoxy) is 2. The smallest absolute Gasteiger partial charge is 0.410 e. The van der Waals surface area contributed by atoms with Crippen LogP contribution in [-0.2, 0) is 14.3 Å². The Balaban J connectivity index is 2.38. The van der Waals surface area contributed by atoms with E-state index in [0.717, 1.165) is 5.57 Å². The third-order valence-corrected chi connectivity index (χ3v) is 2.78. The highest BCUT2D eigenvalue weighted by Crippen LogP contribution is 2.17. The van der Waals surface area contributed by atoms with E-state index < -0.39 is 5.60 Å². The zero-order valence-corrected chi connectivity index (χ0v) is 13.1. The molecule has 0 spiro atoms. The lowest BCUT2D eigenvalue weighted by atomic mass is 10.1. The van der Waals surface area contributed by atoms with Gasteiger partial charge in [0.05, 0.1) is 0 Å².